The summed E-state index contributed by atoms with van der Waals surface area (Å²) in [6, 6.07) is -0.389. The smallest absolute Gasteiger partial charge is 0.243 e. The molecule has 1 aliphatic rings. The Morgan fingerprint density at radius 2 is 2.06 bits per heavy atom. The summed E-state index contributed by atoms with van der Waals surface area (Å²) >= 11 is 0. The van der Waals surface area contributed by atoms with E-state index in [1.807, 2.05) is 27.7 Å². The van der Waals surface area contributed by atoms with Gasteiger partial charge in [-0.3, -0.25) is 9.59 Å². The summed E-state index contributed by atoms with van der Waals surface area (Å²) in [6.45, 7) is 9.86. The fourth-order valence-corrected chi connectivity index (χ4v) is 2.24. The van der Waals surface area contributed by atoms with Crippen LogP contribution in [0, 0.1) is 5.41 Å². The van der Waals surface area contributed by atoms with E-state index in [0.29, 0.717) is 19.8 Å². The Hall–Kier alpha value is -1.10. The predicted molar refractivity (Wildman–Crippen MR) is 69.1 cm³/mol. The molecule has 0 radical (unpaired) electrons. The third-order valence-corrected chi connectivity index (χ3v) is 3.01. The molecule has 0 aromatic heterocycles. The third-order valence-electron chi connectivity index (χ3n) is 3.01. The normalized spacial score (nSPS) is 21.1. The standard InChI is InChI=1S/C13H24N2O3/c1-5-18-8-6-7-15-10(16)9-14-12(17)11(15)13(2,3)4/h11H,5-9H2,1-4H3,(H,14,17). The summed E-state index contributed by atoms with van der Waals surface area (Å²) in [5.74, 6) is -0.0652. The van der Waals surface area contributed by atoms with Crippen LogP contribution in [0.3, 0.4) is 0 Å². The molecular weight excluding hydrogens is 232 g/mol. The highest BCUT2D eigenvalue weighted by Gasteiger charge is 2.41. The second kappa shape index (κ2) is 6.18. The maximum absolute atomic E-state index is 11.9. The summed E-state index contributed by atoms with van der Waals surface area (Å²) in [4.78, 5) is 25.6. The van der Waals surface area contributed by atoms with Crippen LogP contribution in [-0.4, -0.2) is 49.1 Å². The fourth-order valence-electron chi connectivity index (χ4n) is 2.24. The molecule has 1 heterocycles. The molecule has 2 amide bonds. The van der Waals surface area contributed by atoms with Crippen molar-refractivity contribution in [1.29, 1.82) is 0 Å². The van der Waals surface area contributed by atoms with Gasteiger partial charge in [0.05, 0.1) is 6.54 Å². The first kappa shape index (κ1) is 15.0. The lowest BCUT2D eigenvalue weighted by Crippen LogP contribution is -2.62. The monoisotopic (exact) mass is 256 g/mol. The maximum Gasteiger partial charge on any atom is 0.243 e. The summed E-state index contributed by atoms with van der Waals surface area (Å²) < 4.78 is 5.27. The Labute approximate surface area is 109 Å². The Kier molecular flexibility index (Phi) is 5.14. The maximum atomic E-state index is 11.9. The van der Waals surface area contributed by atoms with Crippen molar-refractivity contribution in [1.82, 2.24) is 10.2 Å². The molecule has 104 valence electrons. The molecule has 1 fully saturated rings. The molecule has 1 saturated heterocycles. The number of hydrogen-bond donors (Lipinski definition) is 1. The number of ether oxygens (including phenoxy) is 1. The first-order valence-electron chi connectivity index (χ1n) is 6.53. The average Bonchev–Trinajstić information content (AvgIpc) is 2.27. The number of carbonyl (C=O) groups excluding carboxylic acids is 2. The van der Waals surface area contributed by atoms with Crippen LogP contribution < -0.4 is 5.32 Å². The molecule has 5 nitrogen and oxygen atoms in total. The van der Waals surface area contributed by atoms with Gasteiger partial charge in [-0.05, 0) is 18.8 Å². The van der Waals surface area contributed by atoms with Gasteiger partial charge in [0.1, 0.15) is 6.04 Å². The SMILES string of the molecule is CCOCCCN1C(=O)CNC(=O)C1C(C)(C)C. The second-order valence-electron chi connectivity index (χ2n) is 5.62. The number of rotatable bonds is 5. The van der Waals surface area contributed by atoms with Crippen LogP contribution >= 0.6 is 0 Å². The lowest BCUT2D eigenvalue weighted by molar-refractivity contribution is -0.150. The van der Waals surface area contributed by atoms with Crippen molar-refractivity contribution in [2.24, 2.45) is 5.41 Å². The zero-order valence-corrected chi connectivity index (χ0v) is 11.8. The Morgan fingerprint density at radius 3 is 2.61 bits per heavy atom. The Bertz CT molecular complexity index is 310. The molecule has 0 aromatic carbocycles. The van der Waals surface area contributed by atoms with Crippen molar-refractivity contribution in [2.45, 2.75) is 40.2 Å². The van der Waals surface area contributed by atoms with E-state index in [1.54, 1.807) is 4.90 Å². The van der Waals surface area contributed by atoms with E-state index in [4.69, 9.17) is 4.74 Å². The van der Waals surface area contributed by atoms with Gasteiger partial charge in [-0.15, -0.1) is 0 Å². The second-order valence-corrected chi connectivity index (χ2v) is 5.62. The number of nitrogens with one attached hydrogen (secondary N) is 1. The Morgan fingerprint density at radius 1 is 1.39 bits per heavy atom. The number of hydrogen-bond acceptors (Lipinski definition) is 3. The van der Waals surface area contributed by atoms with Crippen molar-refractivity contribution in [3.05, 3.63) is 0 Å². The molecule has 0 saturated carbocycles. The number of nitrogens with zero attached hydrogens (tertiary/aromatic N) is 1. The van der Waals surface area contributed by atoms with Crippen LogP contribution in [0.25, 0.3) is 0 Å². The Balaban J connectivity index is 2.68. The van der Waals surface area contributed by atoms with Gasteiger partial charge in [0.15, 0.2) is 0 Å². The predicted octanol–water partition coefficient (Wildman–Crippen LogP) is 0.786. The highest BCUT2D eigenvalue weighted by atomic mass is 16.5. The highest BCUT2D eigenvalue weighted by molar-refractivity contribution is 5.95. The third kappa shape index (κ3) is 3.70. The van der Waals surface area contributed by atoms with Gasteiger partial charge in [0, 0.05) is 19.8 Å². The van der Waals surface area contributed by atoms with Gasteiger partial charge in [-0.1, -0.05) is 20.8 Å². The number of carbonyl (C=O) groups is 2. The van der Waals surface area contributed by atoms with E-state index < -0.39 is 0 Å². The van der Waals surface area contributed by atoms with Crippen LogP contribution in [0.1, 0.15) is 34.1 Å². The minimum Gasteiger partial charge on any atom is -0.382 e. The molecule has 0 spiro atoms. The van der Waals surface area contributed by atoms with Crippen molar-refractivity contribution >= 4 is 11.8 Å². The quantitative estimate of drug-likeness (QED) is 0.740. The molecule has 1 N–H and O–H groups in total. The average molecular weight is 256 g/mol. The van der Waals surface area contributed by atoms with E-state index >= 15 is 0 Å². The van der Waals surface area contributed by atoms with Crippen LogP contribution in [-0.2, 0) is 14.3 Å². The molecule has 5 heteroatoms. The number of piperazine rings is 1. The van der Waals surface area contributed by atoms with E-state index in [9.17, 15) is 9.59 Å². The van der Waals surface area contributed by atoms with Gasteiger partial charge in [0.25, 0.3) is 0 Å². The first-order chi connectivity index (χ1) is 8.38. The minimum absolute atomic E-state index is 0.00831. The van der Waals surface area contributed by atoms with Gasteiger partial charge in [-0.25, -0.2) is 0 Å². The van der Waals surface area contributed by atoms with E-state index in [2.05, 4.69) is 5.32 Å². The van der Waals surface area contributed by atoms with Crippen LogP contribution in [0.2, 0.25) is 0 Å². The molecule has 0 aliphatic carbocycles. The summed E-state index contributed by atoms with van der Waals surface area (Å²) in [7, 11) is 0. The lowest BCUT2D eigenvalue weighted by atomic mass is 9.84. The van der Waals surface area contributed by atoms with Crippen molar-refractivity contribution in [3.8, 4) is 0 Å². The zero-order valence-electron chi connectivity index (χ0n) is 11.8. The van der Waals surface area contributed by atoms with Crippen molar-refractivity contribution < 1.29 is 14.3 Å². The summed E-state index contributed by atoms with van der Waals surface area (Å²) in [5.41, 5.74) is -0.258. The number of amides is 2. The van der Waals surface area contributed by atoms with E-state index in [1.165, 1.54) is 0 Å². The molecule has 0 bridgehead atoms. The van der Waals surface area contributed by atoms with E-state index in [-0.39, 0.29) is 29.8 Å². The first-order valence-corrected chi connectivity index (χ1v) is 6.53. The highest BCUT2D eigenvalue weighted by Crippen LogP contribution is 2.26. The van der Waals surface area contributed by atoms with Gasteiger partial charge < -0.3 is 15.0 Å². The lowest BCUT2D eigenvalue weighted by Gasteiger charge is -2.42. The molecule has 1 atom stereocenters. The minimum atomic E-state index is -0.389. The summed E-state index contributed by atoms with van der Waals surface area (Å²) in [6.07, 6.45) is 0.763. The topological polar surface area (TPSA) is 58.6 Å². The van der Waals surface area contributed by atoms with Gasteiger partial charge >= 0.3 is 0 Å². The van der Waals surface area contributed by atoms with Crippen LogP contribution in [0.15, 0.2) is 0 Å². The zero-order chi connectivity index (χ0) is 13.8. The molecule has 18 heavy (non-hydrogen) atoms. The molecule has 0 aromatic rings. The summed E-state index contributed by atoms with van der Waals surface area (Å²) in [5, 5.41) is 2.66. The fraction of sp³-hybridized carbons (Fsp3) is 0.846. The molecule has 1 unspecified atom stereocenters. The molecule has 1 aliphatic heterocycles. The van der Waals surface area contributed by atoms with Gasteiger partial charge in [-0.2, -0.15) is 0 Å². The van der Waals surface area contributed by atoms with Crippen LogP contribution in [0.4, 0.5) is 0 Å². The van der Waals surface area contributed by atoms with Crippen molar-refractivity contribution in [3.63, 3.8) is 0 Å². The largest absolute Gasteiger partial charge is 0.382 e. The molecular formula is C13H24N2O3. The van der Waals surface area contributed by atoms with Crippen molar-refractivity contribution in [2.75, 3.05) is 26.3 Å². The molecule has 1 rings (SSSR count). The van der Waals surface area contributed by atoms with E-state index in [0.717, 1.165) is 6.42 Å². The van der Waals surface area contributed by atoms with Crippen LogP contribution in [0.5, 0.6) is 0 Å². The van der Waals surface area contributed by atoms with Gasteiger partial charge in [0.2, 0.25) is 11.8 Å².